The number of carbonyl (C=O) groups is 2. The van der Waals surface area contributed by atoms with Crippen molar-refractivity contribution < 1.29 is 19.4 Å². The average molecular weight is 358 g/mol. The van der Waals surface area contributed by atoms with Crippen LogP contribution < -0.4 is 4.90 Å². The van der Waals surface area contributed by atoms with E-state index in [4.69, 9.17) is 0 Å². The second kappa shape index (κ2) is 6.05. The molecule has 128 valence electrons. The maximum Gasteiger partial charge on any atom is 0.282 e. The predicted molar refractivity (Wildman–Crippen MR) is 90.6 cm³/mol. The monoisotopic (exact) mass is 358 g/mol. The minimum Gasteiger partial charge on any atom is -0.311 e. The fourth-order valence-electron chi connectivity index (χ4n) is 3.75. The van der Waals surface area contributed by atoms with Crippen molar-refractivity contribution in [2.75, 3.05) is 13.2 Å². The van der Waals surface area contributed by atoms with Crippen molar-refractivity contribution >= 4 is 28.8 Å². The number of quaternary nitrogens is 1. The maximum absolute atomic E-state index is 12.7. The summed E-state index contributed by atoms with van der Waals surface area (Å²) in [5.41, 5.74) is -0.251. The SMILES string of the molecule is O=C1c2cccc([N+](=O)[O-])c2C(=O)N1C[NH+]1CCC[C@@H]1c1cccs1. The molecule has 1 unspecified atom stereocenters. The number of rotatable bonds is 4. The molecule has 0 bridgehead atoms. The van der Waals surface area contributed by atoms with Gasteiger partial charge in [0.05, 0.1) is 21.9 Å². The number of fused-ring (bicyclic) bond motifs is 1. The van der Waals surface area contributed by atoms with E-state index in [1.54, 1.807) is 11.3 Å². The van der Waals surface area contributed by atoms with E-state index in [-0.39, 0.29) is 29.5 Å². The minimum atomic E-state index is -0.606. The van der Waals surface area contributed by atoms with E-state index in [2.05, 4.69) is 6.07 Å². The van der Waals surface area contributed by atoms with E-state index in [1.807, 2.05) is 11.4 Å². The molecule has 1 saturated heterocycles. The van der Waals surface area contributed by atoms with Gasteiger partial charge in [-0.25, -0.2) is 4.90 Å². The van der Waals surface area contributed by atoms with Gasteiger partial charge in [0.25, 0.3) is 17.5 Å². The zero-order valence-electron chi connectivity index (χ0n) is 13.3. The Labute approximate surface area is 147 Å². The van der Waals surface area contributed by atoms with E-state index in [1.165, 1.54) is 28.0 Å². The fourth-order valence-corrected chi connectivity index (χ4v) is 4.67. The highest BCUT2D eigenvalue weighted by Crippen LogP contribution is 2.30. The van der Waals surface area contributed by atoms with Crippen molar-refractivity contribution in [3.05, 3.63) is 61.8 Å². The molecule has 2 amide bonds. The Morgan fingerprint density at radius 3 is 2.80 bits per heavy atom. The molecule has 0 radical (unpaired) electrons. The second-order valence-electron chi connectivity index (χ2n) is 6.27. The van der Waals surface area contributed by atoms with Crippen molar-refractivity contribution in [3.8, 4) is 0 Å². The maximum atomic E-state index is 12.7. The Morgan fingerprint density at radius 1 is 1.24 bits per heavy atom. The van der Waals surface area contributed by atoms with Crippen LogP contribution in [0.2, 0.25) is 0 Å². The summed E-state index contributed by atoms with van der Waals surface area (Å²) >= 11 is 1.68. The van der Waals surface area contributed by atoms with E-state index in [9.17, 15) is 19.7 Å². The summed E-state index contributed by atoms with van der Waals surface area (Å²) in [5, 5.41) is 13.2. The highest BCUT2D eigenvalue weighted by Gasteiger charge is 2.44. The van der Waals surface area contributed by atoms with Gasteiger partial charge >= 0.3 is 0 Å². The predicted octanol–water partition coefficient (Wildman–Crippen LogP) is 1.63. The largest absolute Gasteiger partial charge is 0.311 e. The smallest absolute Gasteiger partial charge is 0.282 e. The van der Waals surface area contributed by atoms with E-state index < -0.39 is 16.7 Å². The first-order chi connectivity index (χ1) is 12.1. The van der Waals surface area contributed by atoms with E-state index in [0.717, 1.165) is 24.3 Å². The van der Waals surface area contributed by atoms with E-state index in [0.29, 0.717) is 0 Å². The Morgan fingerprint density at radius 2 is 2.08 bits per heavy atom. The highest BCUT2D eigenvalue weighted by molar-refractivity contribution is 7.10. The fraction of sp³-hybridized carbons (Fsp3) is 0.294. The van der Waals surface area contributed by atoms with Gasteiger partial charge in [-0.1, -0.05) is 12.1 Å². The molecule has 1 aromatic carbocycles. The quantitative estimate of drug-likeness (QED) is 0.511. The normalized spacial score (nSPS) is 22.5. The highest BCUT2D eigenvalue weighted by atomic mass is 32.1. The molecular weight excluding hydrogens is 342 g/mol. The van der Waals surface area contributed by atoms with Gasteiger partial charge in [0.2, 0.25) is 0 Å². The third-order valence-corrected chi connectivity index (χ3v) is 5.89. The topological polar surface area (TPSA) is 85.0 Å². The number of likely N-dealkylation sites (tertiary alicyclic amines) is 1. The number of thiophene rings is 1. The number of imide groups is 1. The van der Waals surface area contributed by atoms with Gasteiger partial charge in [-0.15, -0.1) is 11.3 Å². The van der Waals surface area contributed by atoms with Gasteiger partial charge in [0.15, 0.2) is 6.67 Å². The summed E-state index contributed by atoms with van der Waals surface area (Å²) in [7, 11) is 0. The molecule has 2 atom stereocenters. The second-order valence-corrected chi connectivity index (χ2v) is 7.25. The third kappa shape index (κ3) is 2.54. The summed E-state index contributed by atoms with van der Waals surface area (Å²) in [4.78, 5) is 39.5. The molecule has 2 aliphatic rings. The summed E-state index contributed by atoms with van der Waals surface area (Å²) in [6.45, 7) is 1.12. The first kappa shape index (κ1) is 15.9. The van der Waals surface area contributed by atoms with Crippen molar-refractivity contribution in [1.29, 1.82) is 0 Å². The average Bonchev–Trinajstić information content (AvgIpc) is 3.32. The number of nitro benzene ring substituents is 1. The minimum absolute atomic E-state index is 0.0798. The van der Waals surface area contributed by atoms with Crippen LogP contribution >= 0.6 is 11.3 Å². The third-order valence-electron chi connectivity index (χ3n) is 4.91. The number of nitrogens with zero attached hydrogens (tertiary/aromatic N) is 2. The number of nitrogens with one attached hydrogen (secondary N) is 1. The molecule has 8 heteroatoms. The molecule has 0 spiro atoms. The van der Waals surface area contributed by atoms with Gasteiger partial charge in [0.1, 0.15) is 11.6 Å². The molecule has 1 N–H and O–H groups in total. The van der Waals surface area contributed by atoms with Crippen LogP contribution in [-0.4, -0.2) is 34.9 Å². The van der Waals surface area contributed by atoms with Gasteiger partial charge < -0.3 is 4.90 Å². The molecule has 2 aromatic rings. The van der Waals surface area contributed by atoms with Gasteiger partial charge in [-0.2, -0.15) is 0 Å². The Hall–Kier alpha value is -2.58. The van der Waals surface area contributed by atoms with Crippen LogP contribution in [0.1, 0.15) is 44.5 Å². The van der Waals surface area contributed by atoms with Crippen molar-refractivity contribution in [2.45, 2.75) is 18.9 Å². The lowest BCUT2D eigenvalue weighted by atomic mass is 10.1. The summed E-state index contributed by atoms with van der Waals surface area (Å²) in [5.74, 6) is -0.996. The number of hydrogen-bond donors (Lipinski definition) is 1. The lowest BCUT2D eigenvalue weighted by Crippen LogP contribution is -3.12. The standard InChI is InChI=1S/C17H15N3O4S/c21-16-11-4-1-5-13(20(23)24)15(11)17(22)19(16)10-18-8-2-6-12(18)14-7-3-9-25-14/h1,3-5,7,9,12H,2,6,8,10H2/p+1/t12-/m1/s1. The molecule has 2 aliphatic heterocycles. The zero-order chi connectivity index (χ0) is 17.6. The zero-order valence-corrected chi connectivity index (χ0v) is 14.1. The van der Waals surface area contributed by atoms with Crippen LogP contribution in [-0.2, 0) is 0 Å². The first-order valence-electron chi connectivity index (χ1n) is 8.09. The van der Waals surface area contributed by atoms with Gasteiger partial charge in [0, 0.05) is 18.9 Å². The lowest BCUT2D eigenvalue weighted by Gasteiger charge is -2.24. The van der Waals surface area contributed by atoms with Crippen LogP contribution in [0.3, 0.4) is 0 Å². The van der Waals surface area contributed by atoms with Crippen LogP contribution in [0.25, 0.3) is 0 Å². The summed E-state index contributed by atoms with van der Waals surface area (Å²) < 4.78 is 0. The number of nitro groups is 1. The van der Waals surface area contributed by atoms with Crippen LogP contribution in [0, 0.1) is 10.1 Å². The number of hydrogen-bond acceptors (Lipinski definition) is 5. The van der Waals surface area contributed by atoms with Crippen LogP contribution in [0.5, 0.6) is 0 Å². The molecule has 25 heavy (non-hydrogen) atoms. The molecule has 1 fully saturated rings. The van der Waals surface area contributed by atoms with Crippen molar-refractivity contribution in [2.24, 2.45) is 0 Å². The lowest BCUT2D eigenvalue weighted by molar-refractivity contribution is -0.925. The Kier molecular flexibility index (Phi) is 3.85. The molecule has 7 nitrogen and oxygen atoms in total. The number of amides is 2. The summed E-state index contributed by atoms with van der Waals surface area (Å²) in [6, 6.07) is 8.54. The molecular formula is C17H16N3O4S+. The molecule has 1 aromatic heterocycles. The molecule has 3 heterocycles. The molecule has 0 saturated carbocycles. The van der Waals surface area contributed by atoms with Crippen LogP contribution in [0.4, 0.5) is 5.69 Å². The van der Waals surface area contributed by atoms with E-state index >= 15 is 0 Å². The number of benzene rings is 1. The van der Waals surface area contributed by atoms with Crippen LogP contribution in [0.15, 0.2) is 35.7 Å². The molecule has 4 rings (SSSR count). The first-order valence-corrected chi connectivity index (χ1v) is 8.97. The number of carbonyl (C=O) groups excluding carboxylic acids is 2. The Balaban J connectivity index is 1.62. The van der Waals surface area contributed by atoms with Crippen molar-refractivity contribution in [3.63, 3.8) is 0 Å². The molecule has 0 aliphatic carbocycles. The van der Waals surface area contributed by atoms with Gasteiger partial charge in [-0.05, 0) is 17.5 Å². The Bertz CT molecular complexity index is 865. The van der Waals surface area contributed by atoms with Gasteiger partial charge in [-0.3, -0.25) is 19.7 Å². The van der Waals surface area contributed by atoms with Crippen molar-refractivity contribution in [1.82, 2.24) is 4.90 Å². The summed E-state index contributed by atoms with van der Waals surface area (Å²) in [6.07, 6.45) is 2.04.